The quantitative estimate of drug-likeness (QED) is 0.517. The molecule has 6 heteroatoms. The highest BCUT2D eigenvalue weighted by atomic mass is 35.5. The lowest BCUT2D eigenvalue weighted by Gasteiger charge is -2.24. The summed E-state index contributed by atoms with van der Waals surface area (Å²) in [7, 11) is 0. The molecule has 0 radical (unpaired) electrons. The van der Waals surface area contributed by atoms with Gasteiger partial charge in [0.2, 0.25) is 0 Å². The minimum atomic E-state index is 0.736. The molecule has 0 spiro atoms. The molecule has 2 aromatic rings. The number of guanidine groups is 1. The lowest BCUT2D eigenvalue weighted by atomic mass is 10.1. The molecular formula is C22H34ClN5. The SMILES string of the molecule is CCNC(=NCCc1c[nH]c2ccc(Cl)cc12)N1CCC(CN(CC)CC)C1. The fourth-order valence-electron chi connectivity index (χ4n) is 4.09. The van der Waals surface area contributed by atoms with Gasteiger partial charge in [0, 0.05) is 54.8 Å². The lowest BCUT2D eigenvalue weighted by molar-refractivity contribution is 0.255. The molecular weight excluding hydrogens is 370 g/mol. The van der Waals surface area contributed by atoms with E-state index in [0.29, 0.717) is 0 Å². The molecule has 2 N–H and O–H groups in total. The van der Waals surface area contributed by atoms with Crippen LogP contribution in [0.4, 0.5) is 0 Å². The maximum absolute atomic E-state index is 6.17. The Bertz CT molecular complexity index is 780. The predicted molar refractivity (Wildman–Crippen MR) is 120 cm³/mol. The van der Waals surface area contributed by atoms with Crippen LogP contribution in [-0.4, -0.2) is 66.6 Å². The van der Waals surface area contributed by atoms with Crippen LogP contribution in [0.2, 0.25) is 5.02 Å². The number of hydrogen-bond acceptors (Lipinski definition) is 2. The summed E-state index contributed by atoms with van der Waals surface area (Å²) >= 11 is 6.17. The summed E-state index contributed by atoms with van der Waals surface area (Å²) in [5.41, 5.74) is 2.41. The molecule has 5 nitrogen and oxygen atoms in total. The molecule has 1 saturated heterocycles. The molecule has 2 heterocycles. The predicted octanol–water partition coefficient (Wildman–Crippen LogP) is 3.99. The van der Waals surface area contributed by atoms with Gasteiger partial charge in [0.1, 0.15) is 0 Å². The van der Waals surface area contributed by atoms with Crippen LogP contribution in [0, 0.1) is 5.92 Å². The van der Waals surface area contributed by atoms with E-state index in [1.54, 1.807) is 0 Å². The first kappa shape index (κ1) is 21.0. The van der Waals surface area contributed by atoms with Crippen molar-refractivity contribution in [1.82, 2.24) is 20.1 Å². The summed E-state index contributed by atoms with van der Waals surface area (Å²) in [5, 5.41) is 5.47. The summed E-state index contributed by atoms with van der Waals surface area (Å²) in [5.74, 6) is 1.79. The van der Waals surface area contributed by atoms with E-state index in [1.807, 2.05) is 18.2 Å². The number of likely N-dealkylation sites (tertiary alicyclic amines) is 1. The number of benzene rings is 1. The zero-order valence-corrected chi connectivity index (χ0v) is 18.2. The van der Waals surface area contributed by atoms with E-state index >= 15 is 0 Å². The van der Waals surface area contributed by atoms with Crippen molar-refractivity contribution in [3.05, 3.63) is 35.0 Å². The Balaban J connectivity index is 1.60. The fourth-order valence-corrected chi connectivity index (χ4v) is 4.26. The number of halogens is 1. The second-order valence-corrected chi connectivity index (χ2v) is 8.01. The molecule has 28 heavy (non-hydrogen) atoms. The molecule has 0 aliphatic carbocycles. The number of nitrogens with zero attached hydrogens (tertiary/aromatic N) is 3. The van der Waals surface area contributed by atoms with Crippen molar-refractivity contribution in [3.63, 3.8) is 0 Å². The van der Waals surface area contributed by atoms with Gasteiger partial charge in [-0.3, -0.25) is 4.99 Å². The monoisotopic (exact) mass is 403 g/mol. The Labute approximate surface area is 174 Å². The minimum absolute atomic E-state index is 0.736. The molecule has 1 unspecified atom stereocenters. The number of aromatic amines is 1. The first-order chi connectivity index (χ1) is 13.6. The van der Waals surface area contributed by atoms with E-state index in [1.165, 1.54) is 23.9 Å². The molecule has 1 aliphatic rings. The van der Waals surface area contributed by atoms with Gasteiger partial charge < -0.3 is 20.1 Å². The van der Waals surface area contributed by atoms with Gasteiger partial charge in [0.15, 0.2) is 5.96 Å². The maximum atomic E-state index is 6.17. The summed E-state index contributed by atoms with van der Waals surface area (Å²) in [6.45, 7) is 14.0. The van der Waals surface area contributed by atoms with Crippen molar-refractivity contribution in [2.24, 2.45) is 10.9 Å². The van der Waals surface area contributed by atoms with Gasteiger partial charge >= 0.3 is 0 Å². The van der Waals surface area contributed by atoms with Crippen LogP contribution >= 0.6 is 11.6 Å². The van der Waals surface area contributed by atoms with E-state index in [9.17, 15) is 0 Å². The van der Waals surface area contributed by atoms with Crippen molar-refractivity contribution >= 4 is 28.5 Å². The third-order valence-electron chi connectivity index (χ3n) is 5.70. The van der Waals surface area contributed by atoms with E-state index in [0.717, 1.165) is 68.1 Å². The largest absolute Gasteiger partial charge is 0.361 e. The topological polar surface area (TPSA) is 46.7 Å². The van der Waals surface area contributed by atoms with Crippen molar-refractivity contribution in [2.75, 3.05) is 45.8 Å². The third-order valence-corrected chi connectivity index (χ3v) is 5.94. The number of H-pyrrole nitrogens is 1. The second kappa shape index (κ2) is 10.2. The van der Waals surface area contributed by atoms with E-state index in [4.69, 9.17) is 16.6 Å². The highest BCUT2D eigenvalue weighted by Crippen LogP contribution is 2.23. The average molecular weight is 404 g/mol. The zero-order valence-electron chi connectivity index (χ0n) is 17.5. The van der Waals surface area contributed by atoms with Crippen LogP contribution in [0.25, 0.3) is 10.9 Å². The van der Waals surface area contributed by atoms with Gasteiger partial charge in [0.05, 0.1) is 0 Å². The van der Waals surface area contributed by atoms with Gasteiger partial charge in [-0.15, -0.1) is 0 Å². The van der Waals surface area contributed by atoms with E-state index in [2.05, 4.69) is 47.1 Å². The number of nitrogens with one attached hydrogen (secondary N) is 2. The molecule has 0 saturated carbocycles. The standard InChI is InChI=1S/C22H34ClN5/c1-4-24-22(28-12-10-17(16-28)15-27(5-2)6-3)25-11-9-18-14-26-21-8-7-19(23)13-20(18)21/h7-8,13-14,17,26H,4-6,9-12,15-16H2,1-3H3,(H,24,25). The van der Waals surface area contributed by atoms with Gasteiger partial charge in [0.25, 0.3) is 0 Å². The van der Waals surface area contributed by atoms with Crippen LogP contribution in [0.15, 0.2) is 29.4 Å². The Morgan fingerprint density at radius 2 is 2.14 bits per heavy atom. The lowest BCUT2D eigenvalue weighted by Crippen LogP contribution is -2.41. The van der Waals surface area contributed by atoms with E-state index < -0.39 is 0 Å². The molecule has 154 valence electrons. The second-order valence-electron chi connectivity index (χ2n) is 7.58. The van der Waals surface area contributed by atoms with Crippen LogP contribution in [0.3, 0.4) is 0 Å². The number of aliphatic imine (C=N–C) groups is 1. The minimum Gasteiger partial charge on any atom is -0.361 e. The van der Waals surface area contributed by atoms with Crippen molar-refractivity contribution in [2.45, 2.75) is 33.6 Å². The Morgan fingerprint density at radius 1 is 1.32 bits per heavy atom. The molecule has 0 amide bonds. The molecule has 3 rings (SSSR count). The smallest absolute Gasteiger partial charge is 0.193 e. The normalized spacial score (nSPS) is 17.8. The van der Waals surface area contributed by atoms with Crippen molar-refractivity contribution in [1.29, 1.82) is 0 Å². The van der Waals surface area contributed by atoms with Crippen LogP contribution < -0.4 is 5.32 Å². The highest BCUT2D eigenvalue weighted by Gasteiger charge is 2.25. The third kappa shape index (κ3) is 5.21. The number of aromatic nitrogens is 1. The van der Waals surface area contributed by atoms with E-state index in [-0.39, 0.29) is 0 Å². The van der Waals surface area contributed by atoms with Gasteiger partial charge in [-0.25, -0.2) is 0 Å². The fraction of sp³-hybridized carbons (Fsp3) is 0.591. The summed E-state index contributed by atoms with van der Waals surface area (Å²) in [4.78, 5) is 13.2. The highest BCUT2D eigenvalue weighted by molar-refractivity contribution is 6.31. The average Bonchev–Trinajstić information content (AvgIpc) is 3.32. The Morgan fingerprint density at radius 3 is 2.89 bits per heavy atom. The molecule has 1 aliphatic heterocycles. The number of fused-ring (bicyclic) bond motifs is 1. The summed E-state index contributed by atoms with van der Waals surface area (Å²) < 4.78 is 0. The van der Waals surface area contributed by atoms with Crippen molar-refractivity contribution < 1.29 is 0 Å². The maximum Gasteiger partial charge on any atom is 0.193 e. The molecule has 1 atom stereocenters. The van der Waals surface area contributed by atoms with Crippen LogP contribution in [-0.2, 0) is 6.42 Å². The molecule has 1 aromatic carbocycles. The van der Waals surface area contributed by atoms with Gasteiger partial charge in [-0.05, 0) is 62.5 Å². The summed E-state index contributed by atoms with van der Waals surface area (Å²) in [6, 6.07) is 6.00. The van der Waals surface area contributed by atoms with Gasteiger partial charge in [-0.2, -0.15) is 0 Å². The summed E-state index contributed by atoms with van der Waals surface area (Å²) in [6.07, 6.45) is 4.24. The molecule has 1 fully saturated rings. The molecule has 0 bridgehead atoms. The Hall–Kier alpha value is -1.72. The zero-order chi connectivity index (χ0) is 19.9. The first-order valence-corrected chi connectivity index (χ1v) is 11.0. The number of hydrogen-bond donors (Lipinski definition) is 2. The Kier molecular flexibility index (Phi) is 7.63. The van der Waals surface area contributed by atoms with Crippen LogP contribution in [0.1, 0.15) is 32.8 Å². The number of rotatable bonds is 8. The van der Waals surface area contributed by atoms with Crippen molar-refractivity contribution in [3.8, 4) is 0 Å². The van der Waals surface area contributed by atoms with Gasteiger partial charge in [-0.1, -0.05) is 25.4 Å². The first-order valence-electron chi connectivity index (χ1n) is 10.7. The van der Waals surface area contributed by atoms with Crippen LogP contribution in [0.5, 0.6) is 0 Å². The molecule has 1 aromatic heterocycles.